The average Bonchev–Trinajstić information content (AvgIpc) is 2.67. The summed E-state index contributed by atoms with van der Waals surface area (Å²) in [6, 6.07) is 19.3. The Morgan fingerprint density at radius 1 is 0.962 bits per heavy atom. The first kappa shape index (κ1) is 18.1. The molecule has 0 amide bonds. The topological polar surface area (TPSA) is 43.4 Å². The summed E-state index contributed by atoms with van der Waals surface area (Å²) in [6.07, 6.45) is 1.75. The lowest BCUT2D eigenvalue weighted by Crippen LogP contribution is -2.11. The maximum atomic E-state index is 6.13. The molecule has 0 atom stereocenters. The van der Waals surface area contributed by atoms with E-state index < -0.39 is 0 Å². The second-order valence-corrected chi connectivity index (χ2v) is 6.27. The van der Waals surface area contributed by atoms with Crippen LogP contribution in [0.1, 0.15) is 11.1 Å². The summed E-state index contributed by atoms with van der Waals surface area (Å²) in [5.41, 5.74) is 2.18. The van der Waals surface area contributed by atoms with Gasteiger partial charge in [0.25, 0.3) is 0 Å². The van der Waals surface area contributed by atoms with Crippen molar-refractivity contribution in [2.75, 3.05) is 18.5 Å². The molecule has 0 saturated carbocycles. The van der Waals surface area contributed by atoms with Gasteiger partial charge in [-0.05, 0) is 49.4 Å². The fourth-order valence-electron chi connectivity index (χ4n) is 2.43. The SMILES string of the molecule is Cc1ccc(OCCOc2ccc(Cl)cc2CNc2ccccn2)cc1. The molecule has 26 heavy (non-hydrogen) atoms. The fourth-order valence-corrected chi connectivity index (χ4v) is 2.62. The highest BCUT2D eigenvalue weighted by atomic mass is 35.5. The number of aromatic nitrogens is 1. The molecule has 0 aliphatic rings. The molecule has 0 fully saturated rings. The van der Waals surface area contributed by atoms with Crippen molar-refractivity contribution in [3.05, 3.63) is 83.0 Å². The molecule has 0 spiro atoms. The van der Waals surface area contributed by atoms with E-state index in [9.17, 15) is 0 Å². The van der Waals surface area contributed by atoms with Gasteiger partial charge in [-0.1, -0.05) is 35.4 Å². The smallest absolute Gasteiger partial charge is 0.126 e. The number of hydrogen-bond acceptors (Lipinski definition) is 4. The van der Waals surface area contributed by atoms with Gasteiger partial charge in [0, 0.05) is 23.3 Å². The Morgan fingerprint density at radius 3 is 2.54 bits per heavy atom. The molecule has 134 valence electrons. The molecule has 1 aromatic heterocycles. The van der Waals surface area contributed by atoms with E-state index in [1.165, 1.54) is 5.56 Å². The number of halogens is 1. The van der Waals surface area contributed by atoms with Crippen LogP contribution in [0.4, 0.5) is 5.82 Å². The molecular weight excluding hydrogens is 348 g/mol. The third-order valence-electron chi connectivity index (χ3n) is 3.78. The molecule has 3 aromatic rings. The maximum Gasteiger partial charge on any atom is 0.126 e. The first-order chi connectivity index (χ1) is 12.7. The second-order valence-electron chi connectivity index (χ2n) is 5.83. The molecule has 0 aliphatic carbocycles. The number of anilines is 1. The Bertz CT molecular complexity index is 823. The van der Waals surface area contributed by atoms with Gasteiger partial charge in [-0.3, -0.25) is 0 Å². The first-order valence-electron chi connectivity index (χ1n) is 8.46. The van der Waals surface area contributed by atoms with Gasteiger partial charge in [0.1, 0.15) is 30.5 Å². The van der Waals surface area contributed by atoms with E-state index >= 15 is 0 Å². The molecule has 0 aliphatic heterocycles. The number of pyridine rings is 1. The molecule has 1 N–H and O–H groups in total. The standard InChI is InChI=1S/C21H21ClN2O2/c1-16-5-8-19(9-6-16)25-12-13-26-20-10-7-18(22)14-17(20)15-24-21-4-2-3-11-23-21/h2-11,14H,12-13,15H2,1H3,(H,23,24). The molecule has 0 unspecified atom stereocenters. The summed E-state index contributed by atoms with van der Waals surface area (Å²) in [6.45, 7) is 3.55. The number of ether oxygens (including phenoxy) is 2. The Hall–Kier alpha value is -2.72. The van der Waals surface area contributed by atoms with Crippen molar-refractivity contribution in [3.63, 3.8) is 0 Å². The van der Waals surface area contributed by atoms with Gasteiger partial charge in [-0.15, -0.1) is 0 Å². The van der Waals surface area contributed by atoms with Gasteiger partial charge in [0.2, 0.25) is 0 Å². The molecular formula is C21H21ClN2O2. The predicted octanol–water partition coefficient (Wildman–Crippen LogP) is 5.11. The van der Waals surface area contributed by atoms with E-state index in [0.29, 0.717) is 24.8 Å². The van der Waals surface area contributed by atoms with E-state index in [1.54, 1.807) is 6.20 Å². The Balaban J connectivity index is 1.54. The van der Waals surface area contributed by atoms with Crippen molar-refractivity contribution in [2.24, 2.45) is 0 Å². The Morgan fingerprint density at radius 2 is 1.77 bits per heavy atom. The van der Waals surface area contributed by atoms with Crippen LogP contribution in [0.25, 0.3) is 0 Å². The normalized spacial score (nSPS) is 10.4. The van der Waals surface area contributed by atoms with Crippen LogP contribution in [-0.2, 0) is 6.54 Å². The largest absolute Gasteiger partial charge is 0.490 e. The van der Waals surface area contributed by atoms with Gasteiger partial charge in [0.05, 0.1) is 0 Å². The van der Waals surface area contributed by atoms with Crippen LogP contribution in [0.5, 0.6) is 11.5 Å². The van der Waals surface area contributed by atoms with E-state index in [-0.39, 0.29) is 0 Å². The van der Waals surface area contributed by atoms with Crippen molar-refractivity contribution in [1.29, 1.82) is 0 Å². The minimum absolute atomic E-state index is 0.450. The zero-order chi connectivity index (χ0) is 18.2. The number of aryl methyl sites for hydroxylation is 1. The predicted molar refractivity (Wildman–Crippen MR) is 105 cm³/mol. The summed E-state index contributed by atoms with van der Waals surface area (Å²) < 4.78 is 11.6. The summed E-state index contributed by atoms with van der Waals surface area (Å²) in [7, 11) is 0. The number of rotatable bonds is 8. The second kappa shape index (κ2) is 9.11. The number of nitrogens with one attached hydrogen (secondary N) is 1. The summed E-state index contributed by atoms with van der Waals surface area (Å²) in [5.74, 6) is 2.43. The Kier molecular flexibility index (Phi) is 6.34. The number of benzene rings is 2. The van der Waals surface area contributed by atoms with Crippen LogP contribution in [0.2, 0.25) is 5.02 Å². The van der Waals surface area contributed by atoms with Gasteiger partial charge in [0.15, 0.2) is 0 Å². The zero-order valence-electron chi connectivity index (χ0n) is 14.6. The van der Waals surface area contributed by atoms with Crippen LogP contribution < -0.4 is 14.8 Å². The van der Waals surface area contributed by atoms with E-state index in [1.807, 2.05) is 67.6 Å². The first-order valence-corrected chi connectivity index (χ1v) is 8.84. The van der Waals surface area contributed by atoms with Crippen LogP contribution in [0.3, 0.4) is 0 Å². The molecule has 4 nitrogen and oxygen atoms in total. The monoisotopic (exact) mass is 368 g/mol. The summed E-state index contributed by atoms with van der Waals surface area (Å²) in [4.78, 5) is 4.26. The fraction of sp³-hybridized carbons (Fsp3) is 0.190. The Labute approximate surface area is 158 Å². The van der Waals surface area contributed by atoms with Crippen molar-refractivity contribution < 1.29 is 9.47 Å². The third-order valence-corrected chi connectivity index (χ3v) is 4.01. The van der Waals surface area contributed by atoms with Crippen molar-refractivity contribution in [3.8, 4) is 11.5 Å². The average molecular weight is 369 g/mol. The van der Waals surface area contributed by atoms with E-state index in [2.05, 4.69) is 10.3 Å². The minimum Gasteiger partial charge on any atom is -0.490 e. The van der Waals surface area contributed by atoms with Gasteiger partial charge < -0.3 is 14.8 Å². The summed E-state index contributed by atoms with van der Waals surface area (Å²) >= 11 is 6.13. The van der Waals surface area contributed by atoms with Crippen molar-refractivity contribution in [1.82, 2.24) is 4.98 Å². The minimum atomic E-state index is 0.450. The van der Waals surface area contributed by atoms with Gasteiger partial charge in [-0.2, -0.15) is 0 Å². The molecule has 1 heterocycles. The lowest BCUT2D eigenvalue weighted by atomic mass is 10.2. The maximum absolute atomic E-state index is 6.13. The quantitative estimate of drug-likeness (QED) is 0.561. The van der Waals surface area contributed by atoms with Crippen LogP contribution >= 0.6 is 11.6 Å². The van der Waals surface area contributed by atoms with Gasteiger partial charge >= 0.3 is 0 Å². The van der Waals surface area contributed by atoms with Crippen molar-refractivity contribution in [2.45, 2.75) is 13.5 Å². The van der Waals surface area contributed by atoms with Crippen LogP contribution in [-0.4, -0.2) is 18.2 Å². The number of hydrogen-bond donors (Lipinski definition) is 1. The third kappa shape index (κ3) is 5.39. The summed E-state index contributed by atoms with van der Waals surface area (Å²) in [5, 5.41) is 3.94. The molecule has 0 bridgehead atoms. The molecule has 5 heteroatoms. The molecule has 0 radical (unpaired) electrons. The molecule has 2 aromatic carbocycles. The van der Waals surface area contributed by atoms with E-state index in [0.717, 1.165) is 22.9 Å². The lowest BCUT2D eigenvalue weighted by Gasteiger charge is -2.13. The van der Waals surface area contributed by atoms with Crippen molar-refractivity contribution >= 4 is 17.4 Å². The van der Waals surface area contributed by atoms with E-state index in [4.69, 9.17) is 21.1 Å². The van der Waals surface area contributed by atoms with Crippen LogP contribution in [0.15, 0.2) is 66.9 Å². The molecule has 0 saturated heterocycles. The lowest BCUT2D eigenvalue weighted by molar-refractivity contribution is 0.216. The zero-order valence-corrected chi connectivity index (χ0v) is 15.4. The highest BCUT2D eigenvalue weighted by molar-refractivity contribution is 6.30. The highest BCUT2D eigenvalue weighted by Crippen LogP contribution is 2.24. The van der Waals surface area contributed by atoms with Crippen LogP contribution in [0, 0.1) is 6.92 Å². The molecule has 3 rings (SSSR count). The highest BCUT2D eigenvalue weighted by Gasteiger charge is 2.06. The number of nitrogens with zero attached hydrogens (tertiary/aromatic N) is 1. The van der Waals surface area contributed by atoms with Gasteiger partial charge in [-0.25, -0.2) is 4.98 Å².